The highest BCUT2D eigenvalue weighted by molar-refractivity contribution is 7.27. The van der Waals surface area contributed by atoms with Gasteiger partial charge < -0.3 is 10.1 Å². The van der Waals surface area contributed by atoms with Crippen molar-refractivity contribution in [3.8, 4) is 0 Å². The van der Waals surface area contributed by atoms with Gasteiger partial charge in [0.05, 0.1) is 8.07 Å². The van der Waals surface area contributed by atoms with Crippen LogP contribution in [-0.2, 0) is 4.74 Å². The van der Waals surface area contributed by atoms with Gasteiger partial charge >= 0.3 is 6.09 Å². The molecule has 0 radical (unpaired) electrons. The predicted molar refractivity (Wildman–Crippen MR) is 88.3 cm³/mol. The molecule has 0 aliphatic carbocycles. The molecule has 0 aliphatic rings. The molecule has 0 fully saturated rings. The summed E-state index contributed by atoms with van der Waals surface area (Å²) in [5, 5.41) is 3.11. The van der Waals surface area contributed by atoms with E-state index in [1.807, 2.05) is 6.20 Å². The lowest BCUT2D eigenvalue weighted by Gasteiger charge is -2.19. The second-order valence-electron chi connectivity index (χ2n) is 6.88. The number of aromatic nitrogens is 1. The molecule has 0 bridgehead atoms. The first-order chi connectivity index (χ1) is 9.49. The molecule has 0 aromatic carbocycles. The van der Waals surface area contributed by atoms with Gasteiger partial charge in [0.25, 0.3) is 0 Å². The Bertz CT molecular complexity index is 515. The fraction of sp³-hybridized carbons (Fsp3) is 0.643. The van der Waals surface area contributed by atoms with Crippen molar-refractivity contribution in [1.29, 1.82) is 0 Å². The smallest absolute Gasteiger partial charge is 0.407 e. The molecule has 7 heteroatoms. The Hall–Kier alpha value is -1.21. The van der Waals surface area contributed by atoms with Crippen LogP contribution in [0.25, 0.3) is 0 Å². The SMILES string of the molecule is CC(C)(C)OC(=O)NCCC(=O)c1ncc([Si](C)(C)C)s1. The Morgan fingerprint density at radius 1 is 1.33 bits per heavy atom. The van der Waals surface area contributed by atoms with E-state index in [0.29, 0.717) is 5.01 Å². The van der Waals surface area contributed by atoms with Gasteiger partial charge in [-0.1, -0.05) is 19.6 Å². The minimum Gasteiger partial charge on any atom is -0.444 e. The van der Waals surface area contributed by atoms with Crippen molar-refractivity contribution >= 4 is 35.8 Å². The van der Waals surface area contributed by atoms with Crippen LogP contribution in [0.2, 0.25) is 19.6 Å². The normalized spacial score (nSPS) is 12.1. The number of Topliss-reactive ketones (excluding diaryl/α,β-unsaturated/α-hetero) is 1. The van der Waals surface area contributed by atoms with Crippen molar-refractivity contribution in [2.75, 3.05) is 6.54 Å². The molecular formula is C14H24N2O3SSi. The topological polar surface area (TPSA) is 68.3 Å². The Morgan fingerprint density at radius 2 is 1.95 bits per heavy atom. The van der Waals surface area contributed by atoms with E-state index in [4.69, 9.17) is 4.74 Å². The number of ether oxygens (including phenoxy) is 1. The standard InChI is InChI=1S/C14H24N2O3SSi/c1-14(2,3)19-13(18)15-8-7-10(17)12-16-9-11(20-12)21(4,5)6/h9H,7-8H2,1-6H3,(H,15,18). The molecule has 1 amide bonds. The van der Waals surface area contributed by atoms with E-state index < -0.39 is 19.8 Å². The van der Waals surface area contributed by atoms with Crippen molar-refractivity contribution in [2.45, 2.75) is 52.4 Å². The second-order valence-corrected chi connectivity index (χ2v) is 13.3. The molecule has 1 N–H and O–H groups in total. The summed E-state index contributed by atoms with van der Waals surface area (Å²) in [4.78, 5) is 27.7. The van der Waals surface area contributed by atoms with Crippen LogP contribution in [0, 0.1) is 0 Å². The van der Waals surface area contributed by atoms with Crippen LogP contribution in [0.15, 0.2) is 6.20 Å². The molecule has 0 aliphatic heterocycles. The van der Waals surface area contributed by atoms with Crippen LogP contribution in [0.1, 0.15) is 37.0 Å². The van der Waals surface area contributed by atoms with Gasteiger partial charge in [0.1, 0.15) is 5.60 Å². The monoisotopic (exact) mass is 328 g/mol. The molecule has 1 aromatic heterocycles. The van der Waals surface area contributed by atoms with E-state index in [1.54, 1.807) is 20.8 Å². The average molecular weight is 329 g/mol. The number of thiazole rings is 1. The molecular weight excluding hydrogens is 304 g/mol. The third kappa shape index (κ3) is 6.39. The van der Waals surface area contributed by atoms with E-state index in [1.165, 1.54) is 15.8 Å². The molecule has 1 aromatic rings. The number of amides is 1. The summed E-state index contributed by atoms with van der Waals surface area (Å²) < 4.78 is 6.32. The summed E-state index contributed by atoms with van der Waals surface area (Å²) in [6, 6.07) is 0. The number of nitrogens with one attached hydrogen (secondary N) is 1. The highest BCUT2D eigenvalue weighted by atomic mass is 32.1. The van der Waals surface area contributed by atoms with Crippen LogP contribution in [0.4, 0.5) is 4.79 Å². The molecule has 118 valence electrons. The van der Waals surface area contributed by atoms with Crippen LogP contribution in [0.3, 0.4) is 0 Å². The van der Waals surface area contributed by atoms with Crippen LogP contribution >= 0.6 is 11.3 Å². The van der Waals surface area contributed by atoms with Crippen LogP contribution in [-0.4, -0.2) is 37.1 Å². The summed E-state index contributed by atoms with van der Waals surface area (Å²) >= 11 is 1.47. The molecule has 21 heavy (non-hydrogen) atoms. The Balaban J connectivity index is 2.45. The van der Waals surface area contributed by atoms with E-state index >= 15 is 0 Å². The second kappa shape index (κ2) is 6.70. The number of rotatable bonds is 5. The lowest BCUT2D eigenvalue weighted by atomic mass is 10.2. The van der Waals surface area contributed by atoms with E-state index in [9.17, 15) is 9.59 Å². The summed E-state index contributed by atoms with van der Waals surface area (Å²) in [6.45, 7) is 12.3. The van der Waals surface area contributed by atoms with Gasteiger partial charge in [-0.15, -0.1) is 11.3 Å². The first-order valence-corrected chi connectivity index (χ1v) is 11.3. The van der Waals surface area contributed by atoms with Crippen molar-refractivity contribution in [3.05, 3.63) is 11.2 Å². The van der Waals surface area contributed by atoms with Gasteiger partial charge in [0.15, 0.2) is 10.8 Å². The summed E-state index contributed by atoms with van der Waals surface area (Å²) in [5.74, 6) is -0.0411. The zero-order chi connectivity index (χ0) is 16.3. The number of nitrogens with zero attached hydrogens (tertiary/aromatic N) is 1. The van der Waals surface area contributed by atoms with Gasteiger partial charge in [-0.25, -0.2) is 9.78 Å². The fourth-order valence-corrected chi connectivity index (χ4v) is 4.05. The van der Waals surface area contributed by atoms with Gasteiger partial charge in [-0.05, 0) is 20.8 Å². The maximum atomic E-state index is 12.0. The Kier molecular flexibility index (Phi) is 5.69. The minimum absolute atomic E-state index is 0.0411. The number of ketones is 1. The summed E-state index contributed by atoms with van der Waals surface area (Å²) in [6.07, 6.45) is 1.54. The third-order valence-electron chi connectivity index (χ3n) is 2.50. The largest absolute Gasteiger partial charge is 0.444 e. The molecule has 0 saturated heterocycles. The van der Waals surface area contributed by atoms with Crippen LogP contribution in [0.5, 0.6) is 0 Å². The van der Waals surface area contributed by atoms with Crippen molar-refractivity contribution < 1.29 is 14.3 Å². The highest BCUT2D eigenvalue weighted by Crippen LogP contribution is 2.12. The summed E-state index contributed by atoms with van der Waals surface area (Å²) in [5.41, 5.74) is -0.532. The van der Waals surface area contributed by atoms with E-state index in [0.717, 1.165) is 0 Å². The van der Waals surface area contributed by atoms with E-state index in [-0.39, 0.29) is 18.7 Å². The first kappa shape index (κ1) is 17.8. The van der Waals surface area contributed by atoms with E-state index in [2.05, 4.69) is 29.9 Å². The van der Waals surface area contributed by atoms with Crippen molar-refractivity contribution in [1.82, 2.24) is 10.3 Å². The number of hydrogen-bond donors (Lipinski definition) is 1. The number of carbonyl (C=O) groups is 2. The maximum absolute atomic E-state index is 12.0. The fourth-order valence-electron chi connectivity index (χ4n) is 1.45. The zero-order valence-corrected chi connectivity index (χ0v) is 15.4. The Morgan fingerprint density at radius 3 is 2.43 bits per heavy atom. The Labute approximate surface area is 131 Å². The molecule has 0 spiro atoms. The average Bonchev–Trinajstić information content (AvgIpc) is 2.74. The highest BCUT2D eigenvalue weighted by Gasteiger charge is 2.22. The molecule has 1 heterocycles. The number of carbonyl (C=O) groups excluding carboxylic acids is 2. The maximum Gasteiger partial charge on any atom is 0.407 e. The lowest BCUT2D eigenvalue weighted by molar-refractivity contribution is 0.0527. The zero-order valence-electron chi connectivity index (χ0n) is 13.6. The molecule has 0 saturated carbocycles. The molecule has 5 nitrogen and oxygen atoms in total. The minimum atomic E-state index is -1.42. The van der Waals surface area contributed by atoms with Gasteiger partial charge in [0, 0.05) is 23.7 Å². The molecule has 0 atom stereocenters. The van der Waals surface area contributed by atoms with Crippen molar-refractivity contribution in [2.24, 2.45) is 0 Å². The lowest BCUT2D eigenvalue weighted by Crippen LogP contribution is -2.35. The van der Waals surface area contributed by atoms with Crippen LogP contribution < -0.4 is 9.82 Å². The quantitative estimate of drug-likeness (QED) is 0.666. The third-order valence-corrected chi connectivity index (χ3v) is 7.11. The first-order valence-electron chi connectivity index (χ1n) is 6.95. The van der Waals surface area contributed by atoms with Gasteiger partial charge in [0.2, 0.25) is 0 Å². The van der Waals surface area contributed by atoms with Gasteiger partial charge in [-0.3, -0.25) is 4.79 Å². The summed E-state index contributed by atoms with van der Waals surface area (Å²) in [7, 11) is -1.42. The molecule has 0 unspecified atom stereocenters. The molecule has 1 rings (SSSR count). The number of alkyl carbamates (subject to hydrolysis) is 1. The predicted octanol–water partition coefficient (Wildman–Crippen LogP) is 2.79. The van der Waals surface area contributed by atoms with Gasteiger partial charge in [-0.2, -0.15) is 0 Å². The van der Waals surface area contributed by atoms with Crippen molar-refractivity contribution in [3.63, 3.8) is 0 Å². The number of hydrogen-bond acceptors (Lipinski definition) is 5.